The molecular formula is C67H126O6. The summed E-state index contributed by atoms with van der Waals surface area (Å²) in [6.45, 7) is 6.66. The smallest absolute Gasteiger partial charge is 0.306 e. The molecule has 0 aliphatic rings. The second-order valence-corrected chi connectivity index (χ2v) is 22.4. The molecule has 0 rings (SSSR count). The molecule has 6 nitrogen and oxygen atoms in total. The molecule has 0 fully saturated rings. The van der Waals surface area contributed by atoms with Gasteiger partial charge in [-0.05, 0) is 64.2 Å². The Morgan fingerprint density at radius 2 is 0.466 bits per heavy atom. The largest absolute Gasteiger partial charge is 0.462 e. The first-order valence-corrected chi connectivity index (χ1v) is 32.8. The molecule has 0 N–H and O–H groups in total. The van der Waals surface area contributed by atoms with Crippen molar-refractivity contribution in [3.05, 3.63) is 24.3 Å². The van der Waals surface area contributed by atoms with E-state index >= 15 is 0 Å². The van der Waals surface area contributed by atoms with Gasteiger partial charge in [0, 0.05) is 19.3 Å². The van der Waals surface area contributed by atoms with Gasteiger partial charge < -0.3 is 14.2 Å². The summed E-state index contributed by atoms with van der Waals surface area (Å²) >= 11 is 0. The van der Waals surface area contributed by atoms with Gasteiger partial charge in [-0.15, -0.1) is 0 Å². The highest BCUT2D eigenvalue weighted by atomic mass is 16.6. The van der Waals surface area contributed by atoms with Crippen molar-refractivity contribution in [1.29, 1.82) is 0 Å². The Balaban J connectivity index is 4.21. The van der Waals surface area contributed by atoms with Gasteiger partial charge in [0.05, 0.1) is 0 Å². The minimum absolute atomic E-state index is 0.0693. The van der Waals surface area contributed by atoms with Gasteiger partial charge in [0.2, 0.25) is 0 Å². The number of carbonyl (C=O) groups is 3. The third-order valence-electron chi connectivity index (χ3n) is 14.9. The topological polar surface area (TPSA) is 78.9 Å². The number of hydrogen-bond donors (Lipinski definition) is 0. The van der Waals surface area contributed by atoms with Crippen LogP contribution in [0.3, 0.4) is 0 Å². The molecule has 0 radical (unpaired) electrons. The zero-order chi connectivity index (χ0) is 52.9. The van der Waals surface area contributed by atoms with Crippen molar-refractivity contribution >= 4 is 17.9 Å². The van der Waals surface area contributed by atoms with Crippen molar-refractivity contribution in [2.45, 2.75) is 374 Å². The molecule has 0 amide bonds. The summed E-state index contributed by atoms with van der Waals surface area (Å²) in [6.07, 6.45) is 74.8. The number of rotatable bonds is 61. The SMILES string of the molecule is CCCC/C=C\CCCCCCCC(=O)OCC(COC(=O)CCCCCCCCCCCCC/C=C\CCCCCCCCCC)OC(=O)CCCCCCCCCCCCCCCCCCCCCCC. The monoisotopic (exact) mass is 1030 g/mol. The molecule has 1 unspecified atom stereocenters. The van der Waals surface area contributed by atoms with Crippen LogP contribution in [-0.2, 0) is 28.6 Å². The van der Waals surface area contributed by atoms with Crippen LogP contribution < -0.4 is 0 Å². The van der Waals surface area contributed by atoms with E-state index in [2.05, 4.69) is 45.1 Å². The summed E-state index contributed by atoms with van der Waals surface area (Å²) in [5, 5.41) is 0. The quantitative estimate of drug-likeness (QED) is 0.0261. The van der Waals surface area contributed by atoms with Gasteiger partial charge in [-0.1, -0.05) is 308 Å². The molecule has 0 saturated heterocycles. The lowest BCUT2D eigenvalue weighted by Gasteiger charge is -2.18. The molecule has 0 saturated carbocycles. The van der Waals surface area contributed by atoms with Crippen LogP contribution in [-0.4, -0.2) is 37.2 Å². The zero-order valence-electron chi connectivity index (χ0n) is 49.4. The van der Waals surface area contributed by atoms with Crippen LogP contribution in [0.4, 0.5) is 0 Å². The lowest BCUT2D eigenvalue weighted by molar-refractivity contribution is -0.167. The minimum atomic E-state index is -0.771. The van der Waals surface area contributed by atoms with E-state index in [1.165, 1.54) is 263 Å². The second kappa shape index (κ2) is 62.4. The van der Waals surface area contributed by atoms with E-state index in [1.807, 2.05) is 0 Å². The lowest BCUT2D eigenvalue weighted by atomic mass is 10.0. The summed E-state index contributed by atoms with van der Waals surface area (Å²) in [7, 11) is 0. The van der Waals surface area contributed by atoms with Gasteiger partial charge in [-0.2, -0.15) is 0 Å². The van der Waals surface area contributed by atoms with Crippen molar-refractivity contribution in [2.24, 2.45) is 0 Å². The zero-order valence-corrected chi connectivity index (χ0v) is 49.4. The lowest BCUT2D eigenvalue weighted by Crippen LogP contribution is -2.30. The van der Waals surface area contributed by atoms with E-state index < -0.39 is 6.10 Å². The van der Waals surface area contributed by atoms with Crippen LogP contribution in [0.5, 0.6) is 0 Å². The number of unbranched alkanes of at least 4 members (excludes halogenated alkanes) is 46. The van der Waals surface area contributed by atoms with E-state index in [1.54, 1.807) is 0 Å². The molecule has 6 heteroatoms. The molecule has 73 heavy (non-hydrogen) atoms. The van der Waals surface area contributed by atoms with Gasteiger partial charge in [-0.3, -0.25) is 14.4 Å². The Labute approximate surface area is 455 Å². The van der Waals surface area contributed by atoms with E-state index in [-0.39, 0.29) is 31.1 Å². The highest BCUT2D eigenvalue weighted by Crippen LogP contribution is 2.18. The van der Waals surface area contributed by atoms with Crippen LogP contribution >= 0.6 is 0 Å². The Kier molecular flexibility index (Phi) is 60.6. The Hall–Kier alpha value is -2.11. The fourth-order valence-corrected chi connectivity index (χ4v) is 9.95. The van der Waals surface area contributed by atoms with Crippen LogP contribution in [0.15, 0.2) is 24.3 Å². The van der Waals surface area contributed by atoms with Crippen LogP contribution in [0.2, 0.25) is 0 Å². The molecular weight excluding hydrogens is 901 g/mol. The first kappa shape index (κ1) is 70.9. The van der Waals surface area contributed by atoms with Crippen molar-refractivity contribution < 1.29 is 28.6 Å². The Morgan fingerprint density at radius 3 is 0.726 bits per heavy atom. The van der Waals surface area contributed by atoms with Gasteiger partial charge in [0.15, 0.2) is 6.10 Å². The highest BCUT2D eigenvalue weighted by Gasteiger charge is 2.19. The van der Waals surface area contributed by atoms with Gasteiger partial charge in [-0.25, -0.2) is 0 Å². The summed E-state index contributed by atoms with van der Waals surface area (Å²) in [4.78, 5) is 38.3. The first-order valence-electron chi connectivity index (χ1n) is 32.8. The number of ether oxygens (including phenoxy) is 3. The maximum absolute atomic E-state index is 12.9. The van der Waals surface area contributed by atoms with Crippen molar-refractivity contribution in [1.82, 2.24) is 0 Å². The van der Waals surface area contributed by atoms with Crippen molar-refractivity contribution in [2.75, 3.05) is 13.2 Å². The summed E-state index contributed by atoms with van der Waals surface area (Å²) in [5.74, 6) is -0.854. The van der Waals surface area contributed by atoms with Gasteiger partial charge in [0.1, 0.15) is 13.2 Å². The first-order chi connectivity index (χ1) is 36.0. The number of hydrogen-bond acceptors (Lipinski definition) is 6. The molecule has 0 aliphatic carbocycles. The van der Waals surface area contributed by atoms with Crippen molar-refractivity contribution in [3.8, 4) is 0 Å². The third-order valence-corrected chi connectivity index (χ3v) is 14.9. The Bertz CT molecular complexity index is 1180. The predicted octanol–water partition coefficient (Wildman–Crippen LogP) is 22.2. The van der Waals surface area contributed by atoms with Gasteiger partial charge in [0.25, 0.3) is 0 Å². The standard InChI is InChI=1S/C67H126O6/c1-4-7-10-13-16-19-22-24-26-28-30-32-33-35-36-38-40-42-45-48-51-54-57-60-66(69)72-63-64(62-71-65(68)59-56-53-50-47-44-21-18-15-12-9-6-3)73-67(70)61-58-55-52-49-46-43-41-39-37-34-31-29-27-25-23-20-17-14-11-8-5-2/h15,18,28,30,64H,4-14,16-17,19-27,29,31-63H2,1-3H3/b18-15-,30-28-. The molecule has 0 bridgehead atoms. The van der Waals surface area contributed by atoms with E-state index in [0.29, 0.717) is 19.3 Å². The molecule has 1 atom stereocenters. The maximum atomic E-state index is 12.9. The second-order valence-electron chi connectivity index (χ2n) is 22.4. The predicted molar refractivity (Wildman–Crippen MR) is 316 cm³/mol. The molecule has 0 aliphatic heterocycles. The van der Waals surface area contributed by atoms with Gasteiger partial charge >= 0.3 is 17.9 Å². The fourth-order valence-electron chi connectivity index (χ4n) is 9.95. The maximum Gasteiger partial charge on any atom is 0.306 e. The summed E-state index contributed by atoms with van der Waals surface area (Å²) < 4.78 is 16.9. The molecule has 430 valence electrons. The normalized spacial score (nSPS) is 12.1. The molecule has 0 aromatic heterocycles. The van der Waals surface area contributed by atoms with Crippen LogP contribution in [0.1, 0.15) is 367 Å². The van der Waals surface area contributed by atoms with E-state index in [4.69, 9.17) is 14.2 Å². The van der Waals surface area contributed by atoms with E-state index in [9.17, 15) is 14.4 Å². The average molecular weight is 1030 g/mol. The fraction of sp³-hybridized carbons (Fsp3) is 0.896. The number of carbonyl (C=O) groups excluding carboxylic acids is 3. The third kappa shape index (κ3) is 60.6. The molecule has 0 aromatic carbocycles. The van der Waals surface area contributed by atoms with Crippen LogP contribution in [0.25, 0.3) is 0 Å². The minimum Gasteiger partial charge on any atom is -0.462 e. The summed E-state index contributed by atoms with van der Waals surface area (Å²) in [5.41, 5.74) is 0. The molecule has 0 spiro atoms. The average Bonchev–Trinajstić information content (AvgIpc) is 3.39. The number of allylic oxidation sites excluding steroid dienone is 4. The van der Waals surface area contributed by atoms with E-state index in [0.717, 1.165) is 64.2 Å². The molecule has 0 aromatic rings. The van der Waals surface area contributed by atoms with Crippen LogP contribution in [0, 0.1) is 0 Å². The van der Waals surface area contributed by atoms with Crippen molar-refractivity contribution in [3.63, 3.8) is 0 Å². The summed E-state index contributed by atoms with van der Waals surface area (Å²) in [6, 6.07) is 0. The highest BCUT2D eigenvalue weighted by molar-refractivity contribution is 5.71. The Morgan fingerprint density at radius 1 is 0.260 bits per heavy atom. The number of esters is 3. The molecule has 0 heterocycles.